The number of unbranched alkanes of at least 4 members (excludes halogenated alkanes) is 6. The molecule has 0 saturated heterocycles. The molecule has 1 aliphatic heterocycles. The molecule has 3 rings (SSSR count). The van der Waals surface area contributed by atoms with Crippen molar-refractivity contribution in [3.05, 3.63) is 88.0 Å². The monoisotopic (exact) mass is 578 g/mol. The van der Waals surface area contributed by atoms with Crippen LogP contribution in [0.3, 0.4) is 0 Å². The predicted molar refractivity (Wildman–Crippen MR) is 154 cm³/mol. The van der Waals surface area contributed by atoms with E-state index in [1.54, 1.807) is 0 Å². The van der Waals surface area contributed by atoms with Gasteiger partial charge >= 0.3 is 28.8 Å². The Bertz CT molecular complexity index is 985. The van der Waals surface area contributed by atoms with Crippen LogP contribution >= 0.6 is 0 Å². The molecule has 0 aliphatic carbocycles. The third-order valence-electron chi connectivity index (χ3n) is 6.69. The molecule has 0 aromatic heterocycles. The van der Waals surface area contributed by atoms with Gasteiger partial charge in [-0.15, -0.1) is 0 Å². The first-order chi connectivity index (χ1) is 17.6. The molecular formula is C33H48N2Pd. The summed E-state index contributed by atoms with van der Waals surface area (Å²) in [5.41, 5.74) is 19.4. The molecule has 200 valence electrons. The molecular weight excluding hydrogens is 531 g/mol. The van der Waals surface area contributed by atoms with Gasteiger partial charge in [-0.1, -0.05) is 83.6 Å². The Balaban J connectivity index is 0.00000145. The van der Waals surface area contributed by atoms with Crippen LogP contribution in [0, 0.1) is 0 Å². The van der Waals surface area contributed by atoms with E-state index in [-0.39, 0.29) is 0 Å². The van der Waals surface area contributed by atoms with Gasteiger partial charge in [0.2, 0.25) is 11.4 Å². The Hall–Kier alpha value is -1.82. The summed E-state index contributed by atoms with van der Waals surface area (Å²) in [6, 6.07) is 17.6. The molecule has 1 aliphatic rings. The van der Waals surface area contributed by atoms with E-state index in [0.717, 1.165) is 66.2 Å². The van der Waals surface area contributed by atoms with Crippen LogP contribution in [0.2, 0.25) is 10.8 Å². The van der Waals surface area contributed by atoms with Gasteiger partial charge in [-0.25, -0.2) is 4.70 Å². The van der Waals surface area contributed by atoms with Crippen LogP contribution in [-0.4, -0.2) is 4.70 Å². The first-order valence-electron chi connectivity index (χ1n) is 13.9. The number of hydrogen-bond acceptors (Lipinski definition) is 0. The number of aryl methyl sites for hydroxylation is 2. The van der Waals surface area contributed by atoms with E-state index < -0.39 is 0 Å². The number of rotatable bonds is 14. The van der Waals surface area contributed by atoms with Gasteiger partial charge in [0.1, 0.15) is 0 Å². The van der Waals surface area contributed by atoms with E-state index in [0.29, 0.717) is 0 Å². The normalized spacial score (nSPS) is 13.1. The molecule has 36 heavy (non-hydrogen) atoms. The summed E-state index contributed by atoms with van der Waals surface area (Å²) >= 11 is 0.950. The van der Waals surface area contributed by atoms with Crippen molar-refractivity contribution in [1.82, 2.24) is 0 Å². The maximum atomic E-state index is 11.3. The summed E-state index contributed by atoms with van der Waals surface area (Å²) in [6.45, 7) is 6.73. The van der Waals surface area contributed by atoms with Crippen molar-refractivity contribution in [2.24, 2.45) is 0 Å². The fraction of sp³-hybridized carbons (Fsp3) is 0.515. The predicted octanol–water partition coefficient (Wildman–Crippen LogP) is 10.7. The van der Waals surface area contributed by atoms with Gasteiger partial charge in [0, 0.05) is 22.8 Å². The Morgan fingerprint density at radius 3 is 1.94 bits per heavy atom. The van der Waals surface area contributed by atoms with E-state index in [4.69, 9.17) is 0 Å². The molecule has 2 aromatic rings. The second kappa shape index (κ2) is 17.6. The summed E-state index contributed by atoms with van der Waals surface area (Å²) in [5, 5.41) is 4.35. The summed E-state index contributed by atoms with van der Waals surface area (Å²) in [4.78, 5) is 0. The Labute approximate surface area is 230 Å². The SMILES string of the molecule is CCCCCCC1=C(c2cccc(CCCC)c2)[N+](=[N-])C(c2ccc(CCCCC)cc2)=C1.[CH3][Pd][CH3]. The van der Waals surface area contributed by atoms with Crippen LogP contribution in [0.5, 0.6) is 0 Å². The van der Waals surface area contributed by atoms with Gasteiger partial charge < -0.3 is 5.53 Å². The summed E-state index contributed by atoms with van der Waals surface area (Å²) < 4.78 is 1.44. The molecule has 0 bridgehead atoms. The summed E-state index contributed by atoms with van der Waals surface area (Å²) in [6.07, 6.45) is 16.5. The third-order valence-corrected chi connectivity index (χ3v) is 6.69. The zero-order chi connectivity index (χ0) is 26.2. The molecule has 1 heterocycles. The molecule has 0 radical (unpaired) electrons. The first kappa shape index (κ1) is 30.4. The number of benzene rings is 2. The summed E-state index contributed by atoms with van der Waals surface area (Å²) in [7, 11) is 0. The topological polar surface area (TPSA) is 25.3 Å². The second-order valence-corrected chi connectivity index (χ2v) is 11.4. The molecule has 0 atom stereocenters. The molecule has 0 spiro atoms. The molecule has 0 saturated carbocycles. The van der Waals surface area contributed by atoms with Crippen LogP contribution in [-0.2, 0) is 30.8 Å². The minimum atomic E-state index is 0.898. The molecule has 3 heteroatoms. The summed E-state index contributed by atoms with van der Waals surface area (Å²) in [5.74, 6) is 0. The minimum absolute atomic E-state index is 0.898. The van der Waals surface area contributed by atoms with Crippen molar-refractivity contribution < 1.29 is 22.7 Å². The molecule has 0 amide bonds. The maximum absolute atomic E-state index is 11.3. The van der Waals surface area contributed by atoms with E-state index in [2.05, 4.69) is 86.2 Å². The van der Waals surface area contributed by atoms with Crippen LogP contribution in [0.25, 0.3) is 16.9 Å². The van der Waals surface area contributed by atoms with E-state index in [1.807, 2.05) is 0 Å². The van der Waals surface area contributed by atoms with Crippen LogP contribution in [0.4, 0.5) is 0 Å². The number of hydrogen-bond donors (Lipinski definition) is 0. The van der Waals surface area contributed by atoms with Crippen molar-refractivity contribution in [2.75, 3.05) is 0 Å². The van der Waals surface area contributed by atoms with Crippen LogP contribution < -0.4 is 0 Å². The fourth-order valence-corrected chi connectivity index (χ4v) is 4.67. The van der Waals surface area contributed by atoms with Gasteiger partial charge in [0.05, 0.1) is 0 Å². The van der Waals surface area contributed by atoms with Crippen LogP contribution in [0.15, 0.2) is 60.2 Å². The average molecular weight is 579 g/mol. The second-order valence-electron chi connectivity index (χ2n) is 9.80. The molecule has 2 aromatic carbocycles. The number of allylic oxidation sites excluding steroid dienone is 2. The average Bonchev–Trinajstić information content (AvgIpc) is 3.22. The zero-order valence-corrected chi connectivity index (χ0v) is 24.9. The Morgan fingerprint density at radius 1 is 0.667 bits per heavy atom. The van der Waals surface area contributed by atoms with Gasteiger partial charge in [-0.05, 0) is 73.9 Å². The first-order valence-corrected chi connectivity index (χ1v) is 17.0. The van der Waals surface area contributed by atoms with Gasteiger partial charge in [0.15, 0.2) is 0 Å². The van der Waals surface area contributed by atoms with Crippen molar-refractivity contribution >= 4 is 11.4 Å². The fourth-order valence-electron chi connectivity index (χ4n) is 4.67. The standard InChI is InChI=1S/C31H42N2.2CH3.Pd/c1-4-7-10-12-17-29-24-30(27-21-19-25(20-22-27)15-11-8-5-2)33(32)31(29)28-18-13-16-26(23-28)14-9-6-3;;;/h13,16,18-24H,4-12,14-15,17H2,1-3H3;2*1H3;. The van der Waals surface area contributed by atoms with Crippen molar-refractivity contribution in [3.63, 3.8) is 0 Å². The Kier molecular flexibility index (Phi) is 14.9. The molecule has 0 fully saturated rings. The van der Waals surface area contributed by atoms with E-state index >= 15 is 0 Å². The molecule has 2 nitrogen and oxygen atoms in total. The van der Waals surface area contributed by atoms with Gasteiger partial charge in [-0.3, -0.25) is 0 Å². The van der Waals surface area contributed by atoms with Crippen LogP contribution in [0.1, 0.15) is 107 Å². The third kappa shape index (κ3) is 9.57. The molecule has 0 unspecified atom stereocenters. The van der Waals surface area contributed by atoms with E-state index in [1.165, 1.54) is 72.8 Å². The molecule has 0 N–H and O–H groups in total. The van der Waals surface area contributed by atoms with E-state index in [9.17, 15) is 5.53 Å². The number of nitrogens with zero attached hydrogens (tertiary/aromatic N) is 2. The zero-order valence-electron chi connectivity index (χ0n) is 23.4. The van der Waals surface area contributed by atoms with Gasteiger partial charge in [-0.2, -0.15) is 0 Å². The van der Waals surface area contributed by atoms with Crippen molar-refractivity contribution in [1.29, 1.82) is 0 Å². The van der Waals surface area contributed by atoms with Gasteiger partial charge in [0.25, 0.3) is 0 Å². The quantitative estimate of drug-likeness (QED) is 0.121. The van der Waals surface area contributed by atoms with Crippen molar-refractivity contribution in [3.8, 4) is 0 Å². The Morgan fingerprint density at radius 2 is 1.28 bits per heavy atom. The van der Waals surface area contributed by atoms with Crippen molar-refractivity contribution in [2.45, 2.75) is 109 Å².